The van der Waals surface area contributed by atoms with Crippen LogP contribution in [0, 0.1) is 5.82 Å². The molecule has 10 heteroatoms. The molecule has 0 radical (unpaired) electrons. The van der Waals surface area contributed by atoms with Gasteiger partial charge in [-0.15, -0.1) is 0 Å². The van der Waals surface area contributed by atoms with Gasteiger partial charge in [0.15, 0.2) is 0 Å². The second-order valence-electron chi connectivity index (χ2n) is 11.6. The van der Waals surface area contributed by atoms with E-state index in [4.69, 9.17) is 9.15 Å². The Bertz CT molecular complexity index is 1760. The molecule has 0 atom stereocenters. The SMILES string of the molecule is CNC(=O)c1c(-c2ccc(F)cc2)oc2cc(CS(=O)(=O)NCCCCCCCc3ccc(C(=O)OC)cc3)c(C3CC3)cc12. The number of carbonyl (C=O) groups excluding carboxylic acids is 2. The lowest BCUT2D eigenvalue weighted by molar-refractivity contribution is 0.0600. The molecule has 1 amide bonds. The van der Waals surface area contributed by atoms with E-state index in [1.807, 2.05) is 18.2 Å². The third-order valence-corrected chi connectivity index (χ3v) is 9.55. The zero-order chi connectivity index (χ0) is 32.0. The number of methoxy groups -OCH3 is 1. The van der Waals surface area contributed by atoms with Gasteiger partial charge in [-0.25, -0.2) is 22.3 Å². The number of rotatable bonds is 15. The molecule has 0 unspecified atom stereocenters. The molecule has 5 rings (SSSR count). The van der Waals surface area contributed by atoms with Crippen LogP contribution in [0.2, 0.25) is 0 Å². The average Bonchev–Trinajstić information content (AvgIpc) is 3.82. The summed E-state index contributed by atoms with van der Waals surface area (Å²) in [4.78, 5) is 24.5. The number of nitrogens with one attached hydrogen (secondary N) is 2. The summed E-state index contributed by atoms with van der Waals surface area (Å²) >= 11 is 0. The number of amides is 1. The number of benzene rings is 3. The second kappa shape index (κ2) is 14.4. The van der Waals surface area contributed by atoms with E-state index >= 15 is 0 Å². The number of aryl methyl sites for hydroxylation is 1. The van der Waals surface area contributed by atoms with Gasteiger partial charge in [0.2, 0.25) is 10.0 Å². The maximum atomic E-state index is 13.6. The van der Waals surface area contributed by atoms with Crippen molar-refractivity contribution in [3.8, 4) is 11.3 Å². The Balaban J connectivity index is 1.17. The maximum absolute atomic E-state index is 13.6. The highest BCUT2D eigenvalue weighted by Crippen LogP contribution is 2.45. The topological polar surface area (TPSA) is 115 Å². The number of fused-ring (bicyclic) bond motifs is 1. The molecule has 238 valence electrons. The molecule has 1 heterocycles. The van der Waals surface area contributed by atoms with Crippen LogP contribution in [0.25, 0.3) is 22.3 Å². The van der Waals surface area contributed by atoms with Crippen LogP contribution < -0.4 is 10.0 Å². The third kappa shape index (κ3) is 8.18. The quantitative estimate of drug-likeness (QED) is 0.109. The summed E-state index contributed by atoms with van der Waals surface area (Å²) in [6.45, 7) is 0.370. The van der Waals surface area contributed by atoms with E-state index < -0.39 is 15.8 Å². The molecule has 1 fully saturated rings. The first-order chi connectivity index (χ1) is 21.7. The minimum absolute atomic E-state index is 0.175. The number of esters is 1. The molecule has 1 aliphatic rings. The van der Waals surface area contributed by atoms with E-state index in [0.29, 0.717) is 45.5 Å². The maximum Gasteiger partial charge on any atom is 0.337 e. The predicted molar refractivity (Wildman–Crippen MR) is 172 cm³/mol. The first kappa shape index (κ1) is 32.4. The molecule has 1 aliphatic carbocycles. The van der Waals surface area contributed by atoms with E-state index in [1.54, 1.807) is 37.4 Å². The predicted octanol–water partition coefficient (Wildman–Crippen LogP) is 6.88. The Kier molecular flexibility index (Phi) is 10.4. The van der Waals surface area contributed by atoms with Crippen molar-refractivity contribution in [2.75, 3.05) is 20.7 Å². The molecule has 4 aromatic rings. The molecule has 2 N–H and O–H groups in total. The Morgan fingerprint density at radius 1 is 0.956 bits per heavy atom. The number of hydrogen-bond donors (Lipinski definition) is 2. The fraction of sp³-hybridized carbons (Fsp3) is 0.371. The standard InChI is InChI=1S/C35H39FN2O6S/c1-37-34(39)32-30-21-29(24-13-14-24)27(20-31(30)44-33(32)25-15-17-28(36)18-16-25)22-45(41,42)38-19-7-5-3-4-6-8-23-9-11-26(12-10-23)35(40)43-2/h9-12,15-18,20-21,24,38H,3-8,13-14,19,22H2,1-2H3,(H,37,39). The lowest BCUT2D eigenvalue weighted by Gasteiger charge is -2.11. The van der Waals surface area contributed by atoms with Crippen LogP contribution in [0.15, 0.2) is 65.1 Å². The van der Waals surface area contributed by atoms with Crippen molar-refractivity contribution >= 4 is 32.9 Å². The van der Waals surface area contributed by atoms with Gasteiger partial charge in [-0.3, -0.25) is 4.79 Å². The van der Waals surface area contributed by atoms with Crippen molar-refractivity contribution in [2.45, 2.75) is 63.0 Å². The Labute approximate surface area is 263 Å². The average molecular weight is 635 g/mol. The fourth-order valence-electron chi connectivity index (χ4n) is 5.65. The number of halogens is 1. The second-order valence-corrected chi connectivity index (χ2v) is 13.4. The van der Waals surface area contributed by atoms with E-state index in [1.165, 1.54) is 24.8 Å². The van der Waals surface area contributed by atoms with Gasteiger partial charge in [0.05, 0.1) is 24.0 Å². The molecule has 45 heavy (non-hydrogen) atoms. The molecular formula is C35H39FN2O6S. The molecule has 0 saturated heterocycles. The van der Waals surface area contributed by atoms with Gasteiger partial charge in [-0.2, -0.15) is 0 Å². The molecule has 8 nitrogen and oxygen atoms in total. The van der Waals surface area contributed by atoms with Crippen molar-refractivity contribution in [3.05, 3.63) is 94.3 Å². The summed E-state index contributed by atoms with van der Waals surface area (Å²) in [6, 6.07) is 16.8. The fourth-order valence-corrected chi connectivity index (χ4v) is 6.87. The lowest BCUT2D eigenvalue weighted by Crippen LogP contribution is -2.26. The molecule has 0 aliphatic heterocycles. The molecule has 1 saturated carbocycles. The zero-order valence-electron chi connectivity index (χ0n) is 25.7. The summed E-state index contributed by atoms with van der Waals surface area (Å²) in [5.74, 6) is -0.675. The van der Waals surface area contributed by atoms with E-state index in [2.05, 4.69) is 10.0 Å². The van der Waals surface area contributed by atoms with Crippen LogP contribution >= 0.6 is 0 Å². The van der Waals surface area contributed by atoms with Gasteiger partial charge in [0.25, 0.3) is 5.91 Å². The molecule has 0 bridgehead atoms. The normalized spacial score (nSPS) is 13.2. The first-order valence-corrected chi connectivity index (χ1v) is 17.1. The number of unbranched alkanes of at least 4 members (excludes halogenated alkanes) is 4. The Morgan fingerprint density at radius 3 is 2.31 bits per heavy atom. The summed E-state index contributed by atoms with van der Waals surface area (Å²) in [6.07, 6.45) is 7.58. The Hall–Kier alpha value is -4.02. The zero-order valence-corrected chi connectivity index (χ0v) is 26.5. The van der Waals surface area contributed by atoms with E-state index in [0.717, 1.165) is 56.9 Å². The summed E-state index contributed by atoms with van der Waals surface area (Å²) in [5.41, 5.74) is 4.63. The molecule has 0 spiro atoms. The van der Waals surface area contributed by atoms with Gasteiger partial charge in [-0.1, -0.05) is 31.4 Å². The minimum atomic E-state index is -3.60. The third-order valence-electron chi connectivity index (χ3n) is 8.21. The number of ether oxygens (including phenoxy) is 1. The summed E-state index contributed by atoms with van der Waals surface area (Å²) < 4.78 is 53.4. The van der Waals surface area contributed by atoms with Crippen LogP contribution in [-0.4, -0.2) is 41.0 Å². The van der Waals surface area contributed by atoms with Crippen LogP contribution in [-0.2, 0) is 26.9 Å². The monoisotopic (exact) mass is 634 g/mol. The highest BCUT2D eigenvalue weighted by molar-refractivity contribution is 7.88. The molecular weight excluding hydrogens is 595 g/mol. The van der Waals surface area contributed by atoms with Crippen LogP contribution in [0.5, 0.6) is 0 Å². The molecule has 1 aromatic heterocycles. The van der Waals surface area contributed by atoms with Gasteiger partial charge in [0, 0.05) is 24.5 Å². The first-order valence-electron chi connectivity index (χ1n) is 15.4. The number of carbonyl (C=O) groups is 2. The summed E-state index contributed by atoms with van der Waals surface area (Å²) in [5, 5.41) is 3.28. The van der Waals surface area contributed by atoms with Gasteiger partial charge < -0.3 is 14.5 Å². The van der Waals surface area contributed by atoms with Crippen LogP contribution in [0.1, 0.15) is 88.3 Å². The van der Waals surface area contributed by atoms with Gasteiger partial charge in [0.1, 0.15) is 17.2 Å². The number of sulfonamides is 1. The van der Waals surface area contributed by atoms with Crippen molar-refractivity contribution in [2.24, 2.45) is 0 Å². The number of hydrogen-bond acceptors (Lipinski definition) is 6. The highest BCUT2D eigenvalue weighted by atomic mass is 32.2. The van der Waals surface area contributed by atoms with E-state index in [9.17, 15) is 22.4 Å². The Morgan fingerprint density at radius 2 is 1.64 bits per heavy atom. The largest absolute Gasteiger partial charge is 0.465 e. The van der Waals surface area contributed by atoms with Crippen LogP contribution in [0.4, 0.5) is 4.39 Å². The number of furan rings is 1. The van der Waals surface area contributed by atoms with Gasteiger partial charge >= 0.3 is 5.97 Å². The van der Waals surface area contributed by atoms with Crippen molar-refractivity contribution in [3.63, 3.8) is 0 Å². The van der Waals surface area contributed by atoms with Crippen LogP contribution in [0.3, 0.4) is 0 Å². The minimum Gasteiger partial charge on any atom is -0.465 e. The lowest BCUT2D eigenvalue weighted by atomic mass is 9.98. The summed E-state index contributed by atoms with van der Waals surface area (Å²) in [7, 11) is -0.695. The molecule has 3 aromatic carbocycles. The van der Waals surface area contributed by atoms with Crippen molar-refractivity contribution in [1.29, 1.82) is 0 Å². The van der Waals surface area contributed by atoms with Gasteiger partial charge in [-0.05, 0) is 103 Å². The van der Waals surface area contributed by atoms with Crippen molar-refractivity contribution < 1.29 is 31.6 Å². The highest BCUT2D eigenvalue weighted by Gasteiger charge is 2.31. The van der Waals surface area contributed by atoms with Crippen molar-refractivity contribution in [1.82, 2.24) is 10.0 Å². The van der Waals surface area contributed by atoms with E-state index in [-0.39, 0.29) is 23.5 Å². The smallest absolute Gasteiger partial charge is 0.337 e.